The lowest BCUT2D eigenvalue weighted by Gasteiger charge is -2.09. The molecule has 1 aromatic rings. The third-order valence-corrected chi connectivity index (χ3v) is 2.43. The van der Waals surface area contributed by atoms with Gasteiger partial charge in [-0.1, -0.05) is 0 Å². The molecule has 6 heteroatoms. The highest BCUT2D eigenvalue weighted by molar-refractivity contribution is 6.02. The summed E-state index contributed by atoms with van der Waals surface area (Å²) in [6.45, 7) is 3.48. The van der Waals surface area contributed by atoms with Crippen LogP contribution in [0.1, 0.15) is 34.6 Å². The molecule has 0 unspecified atom stereocenters. The summed E-state index contributed by atoms with van der Waals surface area (Å²) in [4.78, 5) is 34.2. The molecule has 0 saturated carbocycles. The Bertz CT molecular complexity index is 480. The molecule has 0 aliphatic carbocycles. The van der Waals surface area contributed by atoms with Crippen LogP contribution in [0.3, 0.4) is 0 Å². The van der Waals surface area contributed by atoms with E-state index in [4.69, 9.17) is 5.73 Å². The standard InChI is InChI=1S/C13H17N3O3/c1-8(17)10-5-11(9(2)18)7-12(6-10)16-13(19)15-4-3-14/h5-7H,3-4,14H2,1-2H3,(H2,15,16,19). The number of rotatable bonds is 5. The Kier molecular flexibility index (Phi) is 5.20. The van der Waals surface area contributed by atoms with Gasteiger partial charge in [0, 0.05) is 29.9 Å². The molecule has 0 spiro atoms. The predicted molar refractivity (Wildman–Crippen MR) is 72.5 cm³/mol. The first-order valence-corrected chi connectivity index (χ1v) is 5.86. The van der Waals surface area contributed by atoms with Gasteiger partial charge in [-0.15, -0.1) is 0 Å². The Morgan fingerprint density at radius 1 is 1.05 bits per heavy atom. The third-order valence-electron chi connectivity index (χ3n) is 2.43. The fourth-order valence-corrected chi connectivity index (χ4v) is 1.47. The van der Waals surface area contributed by atoms with Crippen LogP contribution in [0.5, 0.6) is 0 Å². The Hall–Kier alpha value is -2.21. The first kappa shape index (κ1) is 14.8. The fraction of sp³-hybridized carbons (Fsp3) is 0.308. The van der Waals surface area contributed by atoms with Crippen molar-refractivity contribution in [2.24, 2.45) is 5.73 Å². The number of benzene rings is 1. The topological polar surface area (TPSA) is 101 Å². The minimum atomic E-state index is -0.430. The van der Waals surface area contributed by atoms with Crippen molar-refractivity contribution in [3.05, 3.63) is 29.3 Å². The number of hydrogen-bond donors (Lipinski definition) is 3. The number of hydrogen-bond acceptors (Lipinski definition) is 4. The van der Waals surface area contributed by atoms with Crippen molar-refractivity contribution in [2.75, 3.05) is 18.4 Å². The number of urea groups is 1. The van der Waals surface area contributed by atoms with Crippen LogP contribution in [0.25, 0.3) is 0 Å². The molecule has 19 heavy (non-hydrogen) atoms. The van der Waals surface area contributed by atoms with Gasteiger partial charge in [-0.25, -0.2) is 4.79 Å². The fourth-order valence-electron chi connectivity index (χ4n) is 1.47. The van der Waals surface area contributed by atoms with E-state index in [2.05, 4.69) is 10.6 Å². The molecule has 1 rings (SSSR count). The van der Waals surface area contributed by atoms with Gasteiger partial charge >= 0.3 is 6.03 Å². The minimum Gasteiger partial charge on any atom is -0.337 e. The maximum absolute atomic E-state index is 11.5. The lowest BCUT2D eigenvalue weighted by atomic mass is 10.0. The first-order chi connectivity index (χ1) is 8.93. The Morgan fingerprint density at radius 2 is 1.58 bits per heavy atom. The van der Waals surface area contributed by atoms with Crippen LogP contribution in [-0.4, -0.2) is 30.7 Å². The molecule has 0 fully saturated rings. The van der Waals surface area contributed by atoms with Crippen LogP contribution in [0.4, 0.5) is 10.5 Å². The molecule has 0 aliphatic heterocycles. The zero-order valence-corrected chi connectivity index (χ0v) is 10.9. The van der Waals surface area contributed by atoms with Crippen molar-refractivity contribution in [3.8, 4) is 0 Å². The van der Waals surface area contributed by atoms with E-state index in [0.717, 1.165) is 0 Å². The van der Waals surface area contributed by atoms with Gasteiger partial charge in [0.15, 0.2) is 11.6 Å². The van der Waals surface area contributed by atoms with Crippen LogP contribution in [0, 0.1) is 0 Å². The van der Waals surface area contributed by atoms with Gasteiger partial charge in [-0.3, -0.25) is 9.59 Å². The zero-order valence-electron chi connectivity index (χ0n) is 10.9. The molecule has 1 aromatic carbocycles. The van der Waals surface area contributed by atoms with Gasteiger partial charge in [0.25, 0.3) is 0 Å². The second kappa shape index (κ2) is 6.65. The number of nitrogens with one attached hydrogen (secondary N) is 2. The summed E-state index contributed by atoms with van der Waals surface area (Å²) in [5.41, 5.74) is 6.42. The maximum atomic E-state index is 11.5. The second-order valence-corrected chi connectivity index (χ2v) is 4.08. The van der Waals surface area contributed by atoms with Crippen molar-refractivity contribution >= 4 is 23.3 Å². The van der Waals surface area contributed by atoms with Crippen LogP contribution in [-0.2, 0) is 0 Å². The first-order valence-electron chi connectivity index (χ1n) is 5.86. The smallest absolute Gasteiger partial charge is 0.319 e. The highest BCUT2D eigenvalue weighted by Crippen LogP contribution is 2.16. The van der Waals surface area contributed by atoms with E-state index in [0.29, 0.717) is 29.9 Å². The number of anilines is 1. The van der Waals surface area contributed by atoms with Gasteiger partial charge < -0.3 is 16.4 Å². The van der Waals surface area contributed by atoms with E-state index < -0.39 is 6.03 Å². The number of ketones is 2. The van der Waals surface area contributed by atoms with E-state index in [9.17, 15) is 14.4 Å². The molecular formula is C13H17N3O3. The van der Waals surface area contributed by atoms with Crippen LogP contribution >= 0.6 is 0 Å². The quantitative estimate of drug-likeness (QED) is 0.694. The van der Waals surface area contributed by atoms with Crippen molar-refractivity contribution < 1.29 is 14.4 Å². The average molecular weight is 263 g/mol. The van der Waals surface area contributed by atoms with Crippen LogP contribution < -0.4 is 16.4 Å². The average Bonchev–Trinajstić information content (AvgIpc) is 2.35. The molecule has 0 aromatic heterocycles. The largest absolute Gasteiger partial charge is 0.337 e. The number of carbonyl (C=O) groups excluding carboxylic acids is 3. The summed E-state index contributed by atoms with van der Waals surface area (Å²) in [6, 6.07) is 4.13. The van der Waals surface area contributed by atoms with E-state index >= 15 is 0 Å². The number of carbonyl (C=O) groups is 3. The molecule has 0 bridgehead atoms. The van der Waals surface area contributed by atoms with E-state index in [-0.39, 0.29) is 11.6 Å². The van der Waals surface area contributed by atoms with Gasteiger partial charge in [-0.05, 0) is 32.0 Å². The summed E-state index contributed by atoms with van der Waals surface area (Å²) in [7, 11) is 0. The summed E-state index contributed by atoms with van der Waals surface area (Å²) >= 11 is 0. The lowest BCUT2D eigenvalue weighted by Crippen LogP contribution is -2.32. The van der Waals surface area contributed by atoms with Crippen molar-refractivity contribution in [2.45, 2.75) is 13.8 Å². The molecule has 6 nitrogen and oxygen atoms in total. The lowest BCUT2D eigenvalue weighted by molar-refractivity contribution is 0.101. The Balaban J connectivity index is 2.96. The van der Waals surface area contributed by atoms with E-state index in [1.807, 2.05) is 0 Å². The van der Waals surface area contributed by atoms with E-state index in [1.54, 1.807) is 0 Å². The number of amides is 2. The van der Waals surface area contributed by atoms with Gasteiger partial charge in [0.2, 0.25) is 0 Å². The summed E-state index contributed by atoms with van der Waals surface area (Å²) < 4.78 is 0. The number of nitrogens with two attached hydrogens (primary N) is 1. The molecule has 0 saturated heterocycles. The molecule has 4 N–H and O–H groups in total. The molecule has 0 aliphatic rings. The van der Waals surface area contributed by atoms with Crippen LogP contribution in [0.15, 0.2) is 18.2 Å². The third kappa shape index (κ3) is 4.51. The summed E-state index contributed by atoms with van der Waals surface area (Å²) in [6.07, 6.45) is 0. The summed E-state index contributed by atoms with van der Waals surface area (Å²) in [5, 5.41) is 5.09. The van der Waals surface area contributed by atoms with Crippen molar-refractivity contribution in [3.63, 3.8) is 0 Å². The highest BCUT2D eigenvalue weighted by atomic mass is 16.2. The van der Waals surface area contributed by atoms with E-state index in [1.165, 1.54) is 32.0 Å². The highest BCUT2D eigenvalue weighted by Gasteiger charge is 2.09. The summed E-state index contributed by atoms with van der Waals surface area (Å²) in [5.74, 6) is -0.345. The molecule has 0 radical (unpaired) electrons. The molecule has 0 heterocycles. The Morgan fingerprint density at radius 3 is 2.00 bits per heavy atom. The minimum absolute atomic E-state index is 0.173. The predicted octanol–water partition coefficient (Wildman–Crippen LogP) is 1.17. The monoisotopic (exact) mass is 263 g/mol. The van der Waals surface area contributed by atoms with Gasteiger partial charge in [0.1, 0.15) is 0 Å². The number of Topliss-reactive ketones (excluding diaryl/α,β-unsaturated/α-hetero) is 2. The second-order valence-electron chi connectivity index (χ2n) is 4.08. The molecular weight excluding hydrogens is 246 g/mol. The maximum Gasteiger partial charge on any atom is 0.319 e. The zero-order chi connectivity index (χ0) is 14.4. The van der Waals surface area contributed by atoms with Crippen LogP contribution in [0.2, 0.25) is 0 Å². The molecule has 2 amide bonds. The molecule has 0 atom stereocenters. The Labute approximate surface area is 111 Å². The molecule has 102 valence electrons. The van der Waals surface area contributed by atoms with Gasteiger partial charge in [-0.2, -0.15) is 0 Å². The van der Waals surface area contributed by atoms with Crippen molar-refractivity contribution in [1.29, 1.82) is 0 Å². The van der Waals surface area contributed by atoms with Crippen molar-refractivity contribution in [1.82, 2.24) is 5.32 Å². The van der Waals surface area contributed by atoms with Gasteiger partial charge in [0.05, 0.1) is 0 Å². The normalized spacial score (nSPS) is 9.84. The SMILES string of the molecule is CC(=O)c1cc(NC(=O)NCCN)cc(C(C)=O)c1.